The van der Waals surface area contributed by atoms with Crippen molar-refractivity contribution in [3.8, 4) is 0 Å². The Labute approximate surface area is 78.4 Å². The molecule has 1 aromatic heterocycles. The third kappa shape index (κ3) is 2.49. The first kappa shape index (κ1) is 10.6. The van der Waals surface area contributed by atoms with Crippen LogP contribution in [0.3, 0.4) is 0 Å². The molecule has 0 unspecified atom stereocenters. The predicted octanol–water partition coefficient (Wildman–Crippen LogP) is -1.78. The van der Waals surface area contributed by atoms with E-state index in [1.54, 1.807) is 0 Å². The van der Waals surface area contributed by atoms with Crippen molar-refractivity contribution in [3.63, 3.8) is 0 Å². The highest BCUT2D eigenvalue weighted by molar-refractivity contribution is 5.92. The van der Waals surface area contributed by atoms with Gasteiger partial charge in [-0.3, -0.25) is 9.63 Å². The van der Waals surface area contributed by atoms with Gasteiger partial charge in [-0.1, -0.05) is 5.16 Å². The molecule has 1 amide bonds. The predicted molar refractivity (Wildman–Crippen MR) is 40.7 cm³/mol. The van der Waals surface area contributed by atoms with E-state index in [0.717, 1.165) is 0 Å². The second-order valence-corrected chi connectivity index (χ2v) is 2.22. The van der Waals surface area contributed by atoms with E-state index >= 15 is 0 Å². The molecule has 1 heterocycles. The number of hydrogen-bond acceptors (Lipinski definition) is 7. The number of rotatable bonds is 5. The fourth-order valence-electron chi connectivity index (χ4n) is 0.693. The Hall–Kier alpha value is -1.51. The van der Waals surface area contributed by atoms with Gasteiger partial charge in [-0.25, -0.2) is 10.1 Å². The first-order chi connectivity index (χ1) is 6.79. The molecule has 0 spiro atoms. The second kappa shape index (κ2) is 5.27. The highest BCUT2D eigenvalue weighted by atomic mass is 16.7. The molecule has 8 heteroatoms. The number of amides is 1. The van der Waals surface area contributed by atoms with Gasteiger partial charge in [-0.2, -0.15) is 0 Å². The van der Waals surface area contributed by atoms with Crippen LogP contribution in [0.25, 0.3) is 0 Å². The topological polar surface area (TPSA) is 118 Å². The van der Waals surface area contributed by atoms with E-state index in [2.05, 4.69) is 19.8 Å². The average molecular weight is 203 g/mol. The summed E-state index contributed by atoms with van der Waals surface area (Å²) in [7, 11) is 0. The second-order valence-electron chi connectivity index (χ2n) is 2.22. The Kier molecular flexibility index (Phi) is 3.98. The first-order valence-electron chi connectivity index (χ1n) is 3.75. The van der Waals surface area contributed by atoms with E-state index in [0.29, 0.717) is 0 Å². The van der Waals surface area contributed by atoms with Crippen LogP contribution in [0.5, 0.6) is 0 Å². The number of aromatic nitrogens is 2. The molecule has 0 saturated heterocycles. The van der Waals surface area contributed by atoms with Crippen LogP contribution in [0, 0.1) is 0 Å². The van der Waals surface area contributed by atoms with Gasteiger partial charge >= 0.3 is 0 Å². The molecule has 0 radical (unpaired) electrons. The highest BCUT2D eigenvalue weighted by Gasteiger charge is 2.17. The van der Waals surface area contributed by atoms with Crippen molar-refractivity contribution < 1.29 is 24.5 Å². The largest absolute Gasteiger partial charge is 0.394 e. The van der Waals surface area contributed by atoms with E-state index in [-0.39, 0.29) is 24.6 Å². The average Bonchev–Trinajstić information content (AvgIpc) is 2.65. The molecule has 78 valence electrons. The normalized spacial score (nSPS) is 10.1. The number of nitrogens with zero attached hydrogens (tertiary/aromatic N) is 2. The standard InChI is InChI=1S/C6H9N3O5/c10-1-2-13-9-6(12)5-4(3-11)7-14-8-5/h10-11H,1-3H2,(H,9,12). The third-order valence-electron chi connectivity index (χ3n) is 1.28. The van der Waals surface area contributed by atoms with Gasteiger partial charge in [0.25, 0.3) is 5.91 Å². The van der Waals surface area contributed by atoms with Crippen LogP contribution in [-0.4, -0.2) is 39.6 Å². The third-order valence-corrected chi connectivity index (χ3v) is 1.28. The molecule has 0 aliphatic carbocycles. The summed E-state index contributed by atoms with van der Waals surface area (Å²) in [6.45, 7) is -0.706. The molecule has 3 N–H and O–H groups in total. The van der Waals surface area contributed by atoms with Gasteiger partial charge in [-0.05, 0) is 5.16 Å². The molecule has 0 aliphatic rings. The van der Waals surface area contributed by atoms with Gasteiger partial charge in [0.1, 0.15) is 5.69 Å². The molecule has 0 aromatic carbocycles. The van der Waals surface area contributed by atoms with Crippen LogP contribution in [-0.2, 0) is 11.4 Å². The number of aliphatic hydroxyl groups is 2. The van der Waals surface area contributed by atoms with Gasteiger partial charge in [0, 0.05) is 0 Å². The molecule has 0 aliphatic heterocycles. The van der Waals surface area contributed by atoms with Gasteiger partial charge in [0.05, 0.1) is 19.8 Å². The zero-order valence-electron chi connectivity index (χ0n) is 7.13. The van der Waals surface area contributed by atoms with E-state index in [1.165, 1.54) is 0 Å². The molecule has 1 rings (SSSR count). The summed E-state index contributed by atoms with van der Waals surface area (Å²) in [5, 5.41) is 23.6. The quantitative estimate of drug-likeness (QED) is 0.382. The smallest absolute Gasteiger partial charge is 0.299 e. The lowest BCUT2D eigenvalue weighted by Crippen LogP contribution is -2.26. The first-order valence-corrected chi connectivity index (χ1v) is 3.75. The Morgan fingerprint density at radius 1 is 1.50 bits per heavy atom. The minimum atomic E-state index is -0.691. The van der Waals surface area contributed by atoms with Crippen LogP contribution >= 0.6 is 0 Å². The van der Waals surface area contributed by atoms with Crippen molar-refractivity contribution in [1.82, 2.24) is 15.8 Å². The Bertz CT molecular complexity index is 299. The van der Waals surface area contributed by atoms with Crippen molar-refractivity contribution in [1.29, 1.82) is 0 Å². The molecular formula is C6H9N3O5. The zero-order chi connectivity index (χ0) is 10.4. The number of nitrogens with one attached hydrogen (secondary N) is 1. The van der Waals surface area contributed by atoms with E-state index < -0.39 is 12.5 Å². The van der Waals surface area contributed by atoms with Gasteiger partial charge < -0.3 is 10.2 Å². The molecule has 0 fully saturated rings. The van der Waals surface area contributed by atoms with Crippen molar-refractivity contribution in [2.75, 3.05) is 13.2 Å². The number of aliphatic hydroxyl groups excluding tert-OH is 2. The van der Waals surface area contributed by atoms with Crippen molar-refractivity contribution in [2.45, 2.75) is 6.61 Å². The van der Waals surface area contributed by atoms with Crippen LogP contribution in [0.4, 0.5) is 0 Å². The highest BCUT2D eigenvalue weighted by Crippen LogP contribution is 2.01. The lowest BCUT2D eigenvalue weighted by molar-refractivity contribution is 0.0161. The fourth-order valence-corrected chi connectivity index (χ4v) is 0.693. The zero-order valence-corrected chi connectivity index (χ0v) is 7.13. The molecule has 8 nitrogen and oxygen atoms in total. The maximum absolute atomic E-state index is 11.2. The summed E-state index contributed by atoms with van der Waals surface area (Å²) in [6.07, 6.45) is 0. The van der Waals surface area contributed by atoms with Gasteiger partial charge in [0.15, 0.2) is 5.69 Å². The van der Waals surface area contributed by atoms with Crippen LogP contribution in [0.1, 0.15) is 16.2 Å². The minimum absolute atomic E-state index is 0.0232. The molecule has 14 heavy (non-hydrogen) atoms. The Morgan fingerprint density at radius 3 is 2.93 bits per heavy atom. The number of carbonyl (C=O) groups is 1. The van der Waals surface area contributed by atoms with E-state index in [4.69, 9.17) is 10.2 Å². The lowest BCUT2D eigenvalue weighted by atomic mass is 10.3. The molecule has 1 aromatic rings. The maximum atomic E-state index is 11.2. The summed E-state index contributed by atoms with van der Waals surface area (Å²) in [6, 6.07) is 0. The summed E-state index contributed by atoms with van der Waals surface area (Å²) in [5.41, 5.74) is 1.86. The summed E-state index contributed by atoms with van der Waals surface area (Å²) >= 11 is 0. The molecular weight excluding hydrogens is 194 g/mol. The van der Waals surface area contributed by atoms with Crippen molar-refractivity contribution in [2.24, 2.45) is 0 Å². The number of carbonyl (C=O) groups excluding carboxylic acids is 1. The fraction of sp³-hybridized carbons (Fsp3) is 0.500. The number of hydrogen-bond donors (Lipinski definition) is 3. The Balaban J connectivity index is 2.51. The van der Waals surface area contributed by atoms with Crippen LogP contribution < -0.4 is 5.48 Å². The lowest BCUT2D eigenvalue weighted by Gasteiger charge is -2.01. The van der Waals surface area contributed by atoms with Crippen LogP contribution in [0.2, 0.25) is 0 Å². The molecule has 0 bridgehead atoms. The van der Waals surface area contributed by atoms with Crippen LogP contribution in [0.15, 0.2) is 4.63 Å². The van der Waals surface area contributed by atoms with E-state index in [9.17, 15) is 4.79 Å². The molecule has 0 atom stereocenters. The number of hydroxylamine groups is 1. The van der Waals surface area contributed by atoms with Crippen molar-refractivity contribution in [3.05, 3.63) is 11.4 Å². The summed E-state index contributed by atoms with van der Waals surface area (Å²) in [4.78, 5) is 15.7. The van der Waals surface area contributed by atoms with Crippen molar-refractivity contribution >= 4 is 5.91 Å². The monoisotopic (exact) mass is 203 g/mol. The SMILES string of the molecule is O=C(NOCCO)c1nonc1CO. The Morgan fingerprint density at radius 2 is 2.29 bits per heavy atom. The van der Waals surface area contributed by atoms with Gasteiger partial charge in [0.2, 0.25) is 0 Å². The van der Waals surface area contributed by atoms with Gasteiger partial charge in [-0.15, -0.1) is 0 Å². The molecule has 0 saturated carbocycles. The van der Waals surface area contributed by atoms with E-state index in [1.807, 2.05) is 5.48 Å². The maximum Gasteiger partial charge on any atom is 0.299 e. The summed E-state index contributed by atoms with van der Waals surface area (Å²) in [5.74, 6) is -0.691. The summed E-state index contributed by atoms with van der Waals surface area (Å²) < 4.78 is 4.24. The minimum Gasteiger partial charge on any atom is -0.394 e.